The van der Waals surface area contributed by atoms with Crippen LogP contribution in [0.4, 0.5) is 17.1 Å². The summed E-state index contributed by atoms with van der Waals surface area (Å²) in [4.78, 5) is 2.38. The molecule has 0 radical (unpaired) electrons. The molecule has 0 fully saturated rings. The number of rotatable bonds is 6. The van der Waals surface area contributed by atoms with Crippen molar-refractivity contribution in [1.82, 2.24) is 0 Å². The molecule has 10 aromatic carbocycles. The molecule has 0 heterocycles. The van der Waals surface area contributed by atoms with Gasteiger partial charge in [-0.25, -0.2) is 0 Å². The van der Waals surface area contributed by atoms with E-state index in [0.717, 1.165) is 17.1 Å². The van der Waals surface area contributed by atoms with Crippen molar-refractivity contribution in [2.45, 2.75) is 0 Å². The van der Waals surface area contributed by atoms with Crippen molar-refractivity contribution in [2.75, 3.05) is 4.90 Å². The maximum Gasteiger partial charge on any atom is 0.0540 e. The molecular formula is C52H35N. The summed E-state index contributed by atoms with van der Waals surface area (Å²) in [5.41, 5.74) is 10.7. The Kier molecular flexibility index (Phi) is 7.55. The molecule has 0 spiro atoms. The highest BCUT2D eigenvalue weighted by Crippen LogP contribution is 2.43. The summed E-state index contributed by atoms with van der Waals surface area (Å²) in [6, 6.07) is 77.1. The first-order chi connectivity index (χ1) is 26.3. The van der Waals surface area contributed by atoms with Crippen LogP contribution in [-0.2, 0) is 0 Å². The largest absolute Gasteiger partial charge is 0.310 e. The van der Waals surface area contributed by atoms with Gasteiger partial charge in [0.25, 0.3) is 0 Å². The van der Waals surface area contributed by atoms with Crippen LogP contribution in [0, 0.1) is 0 Å². The third kappa shape index (κ3) is 5.51. The Hall–Kier alpha value is -6.96. The molecule has 0 saturated carbocycles. The van der Waals surface area contributed by atoms with Crippen LogP contribution in [0.5, 0.6) is 0 Å². The second-order valence-corrected chi connectivity index (χ2v) is 13.7. The second kappa shape index (κ2) is 13.0. The van der Waals surface area contributed by atoms with Gasteiger partial charge in [0.1, 0.15) is 0 Å². The van der Waals surface area contributed by atoms with Crippen LogP contribution >= 0.6 is 0 Å². The molecule has 1 nitrogen and oxygen atoms in total. The standard InChI is InChI=1S/C52H35N/c1-3-11-36(12-4-1)37-19-21-38(22-20-37)39-27-30-45(31-28-39)53(44-14-5-2-6-15-44)51-34-33-46(49-17-9-10-18-50(49)51)42-29-32-48-43(35-42)26-25-41-24-23-40-13-7-8-16-47(40)52(41)48/h1-35H. The third-order valence-corrected chi connectivity index (χ3v) is 10.6. The summed E-state index contributed by atoms with van der Waals surface area (Å²) < 4.78 is 0. The van der Waals surface area contributed by atoms with Crippen LogP contribution in [-0.4, -0.2) is 0 Å². The number of anilines is 3. The molecule has 0 atom stereocenters. The van der Waals surface area contributed by atoms with Gasteiger partial charge in [0.05, 0.1) is 5.69 Å². The van der Waals surface area contributed by atoms with E-state index in [9.17, 15) is 0 Å². The van der Waals surface area contributed by atoms with Gasteiger partial charge in [-0.05, 0) is 107 Å². The van der Waals surface area contributed by atoms with Gasteiger partial charge in [0, 0.05) is 16.8 Å². The molecule has 0 aromatic heterocycles. The number of fused-ring (bicyclic) bond motifs is 6. The molecule has 248 valence electrons. The maximum atomic E-state index is 2.38. The van der Waals surface area contributed by atoms with Crippen molar-refractivity contribution in [2.24, 2.45) is 0 Å². The first-order valence-corrected chi connectivity index (χ1v) is 18.3. The van der Waals surface area contributed by atoms with Crippen molar-refractivity contribution in [3.63, 3.8) is 0 Å². The topological polar surface area (TPSA) is 3.24 Å². The minimum absolute atomic E-state index is 1.11. The van der Waals surface area contributed by atoms with Crippen molar-refractivity contribution in [3.8, 4) is 33.4 Å². The van der Waals surface area contributed by atoms with Gasteiger partial charge < -0.3 is 4.90 Å². The number of benzene rings is 10. The van der Waals surface area contributed by atoms with E-state index in [2.05, 4.69) is 217 Å². The maximum absolute atomic E-state index is 2.38. The predicted molar refractivity (Wildman–Crippen MR) is 227 cm³/mol. The van der Waals surface area contributed by atoms with Gasteiger partial charge in [0.2, 0.25) is 0 Å². The van der Waals surface area contributed by atoms with E-state index in [0.29, 0.717) is 0 Å². The number of para-hydroxylation sites is 1. The van der Waals surface area contributed by atoms with E-state index >= 15 is 0 Å². The SMILES string of the molecule is c1ccc(-c2ccc(-c3ccc(N(c4ccccc4)c4ccc(-c5ccc6c(ccc7ccc8ccccc8c76)c5)c5ccccc45)cc3)cc2)cc1. The summed E-state index contributed by atoms with van der Waals surface area (Å²) in [7, 11) is 0. The Morgan fingerprint density at radius 2 is 0.755 bits per heavy atom. The van der Waals surface area contributed by atoms with Crippen molar-refractivity contribution < 1.29 is 0 Å². The summed E-state index contributed by atoms with van der Waals surface area (Å²) in [6.45, 7) is 0. The average Bonchev–Trinajstić information content (AvgIpc) is 3.24. The van der Waals surface area contributed by atoms with Crippen LogP contribution in [0.3, 0.4) is 0 Å². The van der Waals surface area contributed by atoms with E-state index in [-0.39, 0.29) is 0 Å². The molecule has 53 heavy (non-hydrogen) atoms. The number of nitrogens with zero attached hydrogens (tertiary/aromatic N) is 1. The van der Waals surface area contributed by atoms with E-state index in [4.69, 9.17) is 0 Å². The van der Waals surface area contributed by atoms with Crippen molar-refractivity contribution >= 4 is 60.2 Å². The minimum atomic E-state index is 1.11. The molecule has 10 aromatic rings. The first-order valence-electron chi connectivity index (χ1n) is 18.3. The Bertz CT molecular complexity index is 2910. The van der Waals surface area contributed by atoms with E-state index in [1.807, 2.05) is 0 Å². The van der Waals surface area contributed by atoms with Gasteiger partial charge in [-0.1, -0.05) is 176 Å². The van der Waals surface area contributed by atoms with Crippen LogP contribution in [0.1, 0.15) is 0 Å². The van der Waals surface area contributed by atoms with Crippen LogP contribution in [0.15, 0.2) is 212 Å². The molecule has 0 aliphatic carbocycles. The van der Waals surface area contributed by atoms with E-state index in [1.54, 1.807) is 0 Å². The summed E-state index contributed by atoms with van der Waals surface area (Å²) >= 11 is 0. The fourth-order valence-electron chi connectivity index (χ4n) is 8.03. The monoisotopic (exact) mass is 673 g/mol. The van der Waals surface area contributed by atoms with Crippen LogP contribution in [0.2, 0.25) is 0 Å². The molecular weight excluding hydrogens is 639 g/mol. The number of hydrogen-bond acceptors (Lipinski definition) is 1. The number of hydrogen-bond donors (Lipinski definition) is 0. The smallest absolute Gasteiger partial charge is 0.0540 e. The van der Waals surface area contributed by atoms with Crippen molar-refractivity contribution in [1.29, 1.82) is 0 Å². The zero-order chi connectivity index (χ0) is 35.1. The van der Waals surface area contributed by atoms with E-state index in [1.165, 1.54) is 76.5 Å². The molecule has 1 heteroatoms. The van der Waals surface area contributed by atoms with Gasteiger partial charge in [-0.2, -0.15) is 0 Å². The zero-order valence-electron chi connectivity index (χ0n) is 29.2. The average molecular weight is 674 g/mol. The first kappa shape index (κ1) is 30.8. The van der Waals surface area contributed by atoms with Gasteiger partial charge >= 0.3 is 0 Å². The molecule has 0 saturated heterocycles. The highest BCUT2D eigenvalue weighted by atomic mass is 15.1. The highest BCUT2D eigenvalue weighted by Gasteiger charge is 2.18. The van der Waals surface area contributed by atoms with Gasteiger partial charge in [-0.3, -0.25) is 0 Å². The lowest BCUT2D eigenvalue weighted by atomic mass is 9.92. The molecule has 0 aliphatic heterocycles. The molecule has 0 aliphatic rings. The predicted octanol–water partition coefficient (Wildman–Crippen LogP) is 14.8. The van der Waals surface area contributed by atoms with Crippen molar-refractivity contribution in [3.05, 3.63) is 212 Å². The molecule has 0 bridgehead atoms. The molecule has 0 N–H and O–H groups in total. The third-order valence-electron chi connectivity index (χ3n) is 10.6. The Morgan fingerprint density at radius 3 is 1.47 bits per heavy atom. The normalized spacial score (nSPS) is 11.4. The van der Waals surface area contributed by atoms with E-state index < -0.39 is 0 Å². The molecule has 0 amide bonds. The fourth-order valence-corrected chi connectivity index (χ4v) is 8.03. The second-order valence-electron chi connectivity index (χ2n) is 13.7. The Morgan fingerprint density at radius 1 is 0.264 bits per heavy atom. The van der Waals surface area contributed by atoms with Crippen LogP contribution < -0.4 is 4.90 Å². The van der Waals surface area contributed by atoms with Gasteiger partial charge in [-0.15, -0.1) is 0 Å². The summed E-state index contributed by atoms with van der Waals surface area (Å²) in [5, 5.41) is 10.1. The minimum Gasteiger partial charge on any atom is -0.310 e. The van der Waals surface area contributed by atoms with Gasteiger partial charge in [0.15, 0.2) is 0 Å². The zero-order valence-corrected chi connectivity index (χ0v) is 29.2. The summed E-state index contributed by atoms with van der Waals surface area (Å²) in [5.74, 6) is 0. The lowest BCUT2D eigenvalue weighted by molar-refractivity contribution is 1.30. The lowest BCUT2D eigenvalue weighted by Gasteiger charge is -2.27. The Balaban J connectivity index is 1.06. The fraction of sp³-hybridized carbons (Fsp3) is 0. The van der Waals surface area contributed by atoms with Crippen LogP contribution in [0.25, 0.3) is 76.5 Å². The molecule has 0 unspecified atom stereocenters. The molecule has 10 rings (SSSR count). The lowest BCUT2D eigenvalue weighted by Crippen LogP contribution is -2.10. The quantitative estimate of drug-likeness (QED) is 0.159. The summed E-state index contributed by atoms with van der Waals surface area (Å²) in [6.07, 6.45) is 0. The Labute approximate surface area is 309 Å². The highest BCUT2D eigenvalue weighted by molar-refractivity contribution is 6.20.